The minimum atomic E-state index is -0.284. The number of amides is 1. The second kappa shape index (κ2) is 8.50. The molecule has 0 saturated carbocycles. The molecule has 2 N–H and O–H groups in total. The van der Waals surface area contributed by atoms with E-state index >= 15 is 0 Å². The molecular formula is C19H26ClN3O2. The van der Waals surface area contributed by atoms with Gasteiger partial charge in [0.05, 0.1) is 0 Å². The highest BCUT2D eigenvalue weighted by Crippen LogP contribution is 2.23. The maximum absolute atomic E-state index is 12.9. The molecule has 1 amide bonds. The maximum Gasteiger partial charge on any atom is 0.261 e. The van der Waals surface area contributed by atoms with Crippen LogP contribution >= 0.6 is 12.4 Å². The van der Waals surface area contributed by atoms with Gasteiger partial charge in [-0.15, -0.1) is 12.4 Å². The summed E-state index contributed by atoms with van der Waals surface area (Å²) < 4.78 is 0. The van der Waals surface area contributed by atoms with Gasteiger partial charge in [-0.3, -0.25) is 9.59 Å². The number of pyridine rings is 1. The topological polar surface area (TPSA) is 65.2 Å². The second-order valence-corrected chi connectivity index (χ2v) is 6.63. The Morgan fingerprint density at radius 2 is 1.96 bits per heavy atom. The first-order valence-electron chi connectivity index (χ1n) is 8.67. The van der Waals surface area contributed by atoms with Crippen molar-refractivity contribution in [2.24, 2.45) is 5.92 Å². The van der Waals surface area contributed by atoms with Gasteiger partial charge in [-0.2, -0.15) is 0 Å². The third kappa shape index (κ3) is 4.05. The van der Waals surface area contributed by atoms with Crippen LogP contribution in [0.3, 0.4) is 0 Å². The van der Waals surface area contributed by atoms with Crippen LogP contribution in [0.15, 0.2) is 29.1 Å². The molecule has 1 aliphatic rings. The molecule has 2 aromatic rings. The van der Waals surface area contributed by atoms with Crippen molar-refractivity contribution in [3.8, 4) is 0 Å². The number of rotatable bonds is 4. The minimum Gasteiger partial charge on any atom is -0.338 e. The number of benzene rings is 1. The molecular weight excluding hydrogens is 338 g/mol. The van der Waals surface area contributed by atoms with Gasteiger partial charge in [0.15, 0.2) is 0 Å². The van der Waals surface area contributed by atoms with Crippen LogP contribution in [-0.4, -0.2) is 42.5 Å². The Morgan fingerprint density at radius 1 is 1.28 bits per heavy atom. The number of hydrogen-bond donors (Lipinski definition) is 2. The minimum absolute atomic E-state index is 0. The fourth-order valence-electron chi connectivity index (χ4n) is 3.60. The Balaban J connectivity index is 0.00000225. The number of halogens is 1. The van der Waals surface area contributed by atoms with Gasteiger partial charge in [0.1, 0.15) is 5.56 Å². The number of H-pyrrole nitrogens is 1. The number of carbonyl (C=O) groups is 1. The fourth-order valence-corrected chi connectivity index (χ4v) is 3.60. The summed E-state index contributed by atoms with van der Waals surface area (Å²) in [6.45, 7) is 4.35. The SMILES string of the molecule is CNCCC1CCN(C(=O)c2c(C)c3ccccc3[nH]c2=O)CC1.Cl. The normalized spacial score (nSPS) is 15.2. The summed E-state index contributed by atoms with van der Waals surface area (Å²) in [4.78, 5) is 30.0. The van der Waals surface area contributed by atoms with Crippen LogP contribution in [0.4, 0.5) is 0 Å². The lowest BCUT2D eigenvalue weighted by Crippen LogP contribution is -2.41. The van der Waals surface area contributed by atoms with E-state index in [1.165, 1.54) is 0 Å². The lowest BCUT2D eigenvalue weighted by atomic mass is 9.93. The number of likely N-dealkylation sites (tertiary alicyclic amines) is 1. The average molecular weight is 364 g/mol. The molecule has 1 fully saturated rings. The molecule has 0 atom stereocenters. The third-order valence-electron chi connectivity index (χ3n) is 5.10. The van der Waals surface area contributed by atoms with Crippen LogP contribution < -0.4 is 10.9 Å². The summed E-state index contributed by atoms with van der Waals surface area (Å²) in [7, 11) is 1.97. The van der Waals surface area contributed by atoms with Crippen molar-refractivity contribution in [1.82, 2.24) is 15.2 Å². The van der Waals surface area contributed by atoms with Crippen molar-refractivity contribution < 1.29 is 4.79 Å². The fraction of sp³-hybridized carbons (Fsp3) is 0.474. The number of aromatic nitrogens is 1. The molecule has 6 heteroatoms. The van der Waals surface area contributed by atoms with E-state index in [1.807, 2.05) is 43.1 Å². The molecule has 5 nitrogen and oxygen atoms in total. The van der Waals surface area contributed by atoms with Crippen molar-refractivity contribution in [3.63, 3.8) is 0 Å². The monoisotopic (exact) mass is 363 g/mol. The zero-order valence-electron chi connectivity index (χ0n) is 14.8. The molecule has 1 aliphatic heterocycles. The standard InChI is InChI=1S/C19H25N3O2.ClH/c1-13-15-5-3-4-6-16(15)21-18(23)17(13)19(24)22-11-8-14(9-12-22)7-10-20-2;/h3-6,14,20H,7-12H2,1-2H3,(H,21,23);1H. The summed E-state index contributed by atoms with van der Waals surface area (Å²) in [6.07, 6.45) is 3.17. The van der Waals surface area contributed by atoms with E-state index in [0.29, 0.717) is 11.5 Å². The number of hydrogen-bond acceptors (Lipinski definition) is 3. The highest BCUT2D eigenvalue weighted by molar-refractivity contribution is 5.99. The van der Waals surface area contributed by atoms with E-state index in [1.54, 1.807) is 0 Å². The smallest absolute Gasteiger partial charge is 0.261 e. The Morgan fingerprint density at radius 3 is 2.64 bits per heavy atom. The number of nitrogens with one attached hydrogen (secondary N) is 2. The van der Waals surface area contributed by atoms with Crippen LogP contribution in [0.1, 0.15) is 35.2 Å². The lowest BCUT2D eigenvalue weighted by Gasteiger charge is -2.32. The number of piperidine rings is 1. The molecule has 0 aliphatic carbocycles. The molecule has 25 heavy (non-hydrogen) atoms. The van der Waals surface area contributed by atoms with Crippen LogP contribution in [0.2, 0.25) is 0 Å². The first-order chi connectivity index (χ1) is 11.6. The van der Waals surface area contributed by atoms with E-state index in [-0.39, 0.29) is 23.9 Å². The molecule has 1 aromatic carbocycles. The van der Waals surface area contributed by atoms with E-state index in [9.17, 15) is 9.59 Å². The van der Waals surface area contributed by atoms with E-state index in [4.69, 9.17) is 0 Å². The first-order valence-corrected chi connectivity index (χ1v) is 8.67. The Labute approximate surface area is 154 Å². The van der Waals surface area contributed by atoms with Crippen molar-refractivity contribution >= 4 is 29.2 Å². The number of aromatic amines is 1. The molecule has 0 radical (unpaired) electrons. The van der Waals surface area contributed by atoms with Crippen molar-refractivity contribution in [1.29, 1.82) is 0 Å². The lowest BCUT2D eigenvalue weighted by molar-refractivity contribution is 0.0685. The number of para-hydroxylation sites is 1. The van der Waals surface area contributed by atoms with Crippen LogP contribution in [0.5, 0.6) is 0 Å². The quantitative estimate of drug-likeness (QED) is 0.877. The Bertz CT molecular complexity index is 795. The summed E-state index contributed by atoms with van der Waals surface area (Å²) in [5.74, 6) is 0.532. The zero-order valence-corrected chi connectivity index (χ0v) is 15.6. The summed E-state index contributed by atoms with van der Waals surface area (Å²) >= 11 is 0. The van der Waals surface area contributed by atoms with Gasteiger partial charge in [0, 0.05) is 24.0 Å². The van der Waals surface area contributed by atoms with Gasteiger partial charge < -0.3 is 15.2 Å². The molecule has 0 spiro atoms. The van der Waals surface area contributed by atoms with Gasteiger partial charge in [-0.05, 0) is 57.3 Å². The third-order valence-corrected chi connectivity index (χ3v) is 5.10. The molecule has 0 bridgehead atoms. The number of carbonyl (C=O) groups excluding carboxylic acids is 1. The number of fused-ring (bicyclic) bond motifs is 1. The summed E-state index contributed by atoms with van der Waals surface area (Å²) in [5, 5.41) is 4.12. The average Bonchev–Trinajstić information content (AvgIpc) is 2.60. The molecule has 1 saturated heterocycles. The predicted molar refractivity (Wildman–Crippen MR) is 104 cm³/mol. The molecule has 3 rings (SSSR count). The Kier molecular flexibility index (Phi) is 6.62. The highest BCUT2D eigenvalue weighted by Gasteiger charge is 2.26. The van der Waals surface area contributed by atoms with E-state index in [2.05, 4.69) is 10.3 Å². The highest BCUT2D eigenvalue weighted by atomic mass is 35.5. The van der Waals surface area contributed by atoms with Crippen LogP contribution in [0, 0.1) is 12.8 Å². The van der Waals surface area contributed by atoms with Crippen molar-refractivity contribution in [3.05, 3.63) is 45.7 Å². The van der Waals surface area contributed by atoms with Gasteiger partial charge in [0.25, 0.3) is 11.5 Å². The van der Waals surface area contributed by atoms with Gasteiger partial charge in [0.2, 0.25) is 0 Å². The first kappa shape index (κ1) is 19.5. The van der Waals surface area contributed by atoms with Crippen LogP contribution in [0.25, 0.3) is 10.9 Å². The van der Waals surface area contributed by atoms with Gasteiger partial charge in [-0.1, -0.05) is 18.2 Å². The molecule has 0 unspecified atom stereocenters. The molecule has 1 aromatic heterocycles. The predicted octanol–water partition coefficient (Wildman–Crippen LogP) is 2.72. The van der Waals surface area contributed by atoms with Gasteiger partial charge in [-0.25, -0.2) is 0 Å². The van der Waals surface area contributed by atoms with Gasteiger partial charge >= 0.3 is 0 Å². The maximum atomic E-state index is 12.9. The van der Waals surface area contributed by atoms with E-state index in [0.717, 1.165) is 55.4 Å². The summed E-state index contributed by atoms with van der Waals surface area (Å²) in [6, 6.07) is 7.62. The van der Waals surface area contributed by atoms with Crippen molar-refractivity contribution in [2.45, 2.75) is 26.2 Å². The molecule has 2 heterocycles. The zero-order chi connectivity index (χ0) is 17.1. The number of nitrogens with zero attached hydrogens (tertiary/aromatic N) is 1. The second-order valence-electron chi connectivity index (χ2n) is 6.63. The van der Waals surface area contributed by atoms with Crippen molar-refractivity contribution in [2.75, 3.05) is 26.7 Å². The molecule has 136 valence electrons. The largest absolute Gasteiger partial charge is 0.338 e. The van der Waals surface area contributed by atoms with Crippen LogP contribution in [-0.2, 0) is 0 Å². The van der Waals surface area contributed by atoms with E-state index < -0.39 is 0 Å². The number of aryl methyl sites for hydroxylation is 1. The summed E-state index contributed by atoms with van der Waals surface area (Å²) in [5.41, 5.74) is 1.56. The Hall–Kier alpha value is -1.85.